The molecule has 1 aromatic carbocycles. The summed E-state index contributed by atoms with van der Waals surface area (Å²) in [6.45, 7) is 0.535. The Morgan fingerprint density at radius 2 is 2.10 bits per heavy atom. The first-order valence-electron chi connectivity index (χ1n) is 9.22. The van der Waals surface area contributed by atoms with Gasteiger partial charge in [-0.05, 0) is 36.0 Å². The minimum Gasteiger partial charge on any atom is -0.507 e. The van der Waals surface area contributed by atoms with Crippen molar-refractivity contribution in [1.82, 2.24) is 4.90 Å². The Kier molecular flexibility index (Phi) is 8.03. The van der Waals surface area contributed by atoms with Crippen molar-refractivity contribution in [2.75, 3.05) is 20.1 Å². The number of terminal acetylenes is 1. The van der Waals surface area contributed by atoms with Gasteiger partial charge in [0.25, 0.3) is 0 Å². The zero-order valence-corrected chi connectivity index (χ0v) is 16.5. The molecule has 0 atom stereocenters. The van der Waals surface area contributed by atoms with E-state index in [4.69, 9.17) is 21.2 Å². The summed E-state index contributed by atoms with van der Waals surface area (Å²) >= 11 is 0. The third-order valence-electron chi connectivity index (χ3n) is 4.52. The molecule has 0 unspecified atom stereocenters. The Morgan fingerprint density at radius 3 is 2.67 bits per heavy atom. The average molecular weight is 414 g/mol. The van der Waals surface area contributed by atoms with Crippen molar-refractivity contribution in [3.05, 3.63) is 34.9 Å². The number of likely N-dealkylation sites (tertiary alicyclic amines) is 1. The van der Waals surface area contributed by atoms with Crippen molar-refractivity contribution < 1.29 is 34.6 Å². The number of carboxylic acids is 1. The highest BCUT2D eigenvalue weighted by Crippen LogP contribution is 2.34. The maximum absolute atomic E-state index is 12.3. The predicted octanol–water partition coefficient (Wildman–Crippen LogP) is 0.346. The van der Waals surface area contributed by atoms with Crippen molar-refractivity contribution in [3.8, 4) is 23.8 Å². The van der Waals surface area contributed by atoms with Crippen molar-refractivity contribution in [2.24, 2.45) is 4.99 Å². The van der Waals surface area contributed by atoms with E-state index in [1.54, 1.807) is 11.9 Å². The molecular formula is C20H23BN2O7. The van der Waals surface area contributed by atoms with E-state index in [2.05, 4.69) is 10.9 Å². The number of aromatic hydroxyl groups is 1. The molecule has 9 nitrogen and oxygen atoms in total. The summed E-state index contributed by atoms with van der Waals surface area (Å²) < 4.78 is 5.68. The molecule has 10 heteroatoms. The normalized spacial score (nSPS) is 14.3. The lowest BCUT2D eigenvalue weighted by molar-refractivity contribution is -0.139. The zero-order valence-electron chi connectivity index (χ0n) is 16.5. The van der Waals surface area contributed by atoms with Gasteiger partial charge in [-0.3, -0.25) is 9.79 Å². The molecule has 0 spiro atoms. The number of hydrogen-bond acceptors (Lipinski definition) is 7. The van der Waals surface area contributed by atoms with Crippen molar-refractivity contribution >= 4 is 25.2 Å². The summed E-state index contributed by atoms with van der Waals surface area (Å²) in [4.78, 5) is 29.3. The van der Waals surface area contributed by atoms with E-state index in [-0.39, 0.29) is 49.5 Å². The number of aliphatic imine (C=N–C) groups is 1. The molecule has 2 rings (SSSR count). The number of carboxylic acid groups (broad SMARTS) is 1. The lowest BCUT2D eigenvalue weighted by Crippen LogP contribution is -2.56. The van der Waals surface area contributed by atoms with Gasteiger partial charge in [0.15, 0.2) is 0 Å². The third-order valence-corrected chi connectivity index (χ3v) is 4.52. The fourth-order valence-electron chi connectivity index (χ4n) is 3.00. The first kappa shape index (κ1) is 23.0. The molecule has 1 amide bonds. The van der Waals surface area contributed by atoms with Crippen molar-refractivity contribution in [3.63, 3.8) is 0 Å². The van der Waals surface area contributed by atoms with Gasteiger partial charge in [-0.1, -0.05) is 12.0 Å². The SMILES string of the molecule is C#C/C=C(\C=N/C)CC(=O)N1CC(Oc2ccc(CCB(O)O)c(O)c2C(=O)O)C1. The van der Waals surface area contributed by atoms with Gasteiger partial charge in [-0.25, -0.2) is 4.79 Å². The molecule has 0 bridgehead atoms. The van der Waals surface area contributed by atoms with Crippen LogP contribution in [0, 0.1) is 12.3 Å². The summed E-state index contributed by atoms with van der Waals surface area (Å²) in [5.74, 6) is 0.339. The number of hydrogen-bond donors (Lipinski definition) is 4. The predicted molar refractivity (Wildman–Crippen MR) is 111 cm³/mol. The molecule has 1 saturated heterocycles. The molecule has 1 aliphatic rings. The smallest absolute Gasteiger partial charge is 0.451 e. The highest BCUT2D eigenvalue weighted by Gasteiger charge is 2.33. The number of phenols is 1. The number of benzene rings is 1. The topological polar surface area (TPSA) is 140 Å². The summed E-state index contributed by atoms with van der Waals surface area (Å²) in [5.41, 5.74) is 0.475. The largest absolute Gasteiger partial charge is 0.507 e. The van der Waals surface area contributed by atoms with Crippen LogP contribution in [0.4, 0.5) is 0 Å². The molecule has 0 saturated carbocycles. The molecule has 1 heterocycles. The van der Waals surface area contributed by atoms with Gasteiger partial charge in [0, 0.05) is 13.3 Å². The van der Waals surface area contributed by atoms with Crippen LogP contribution in [0.3, 0.4) is 0 Å². The van der Waals surface area contributed by atoms with E-state index in [1.807, 2.05) is 0 Å². The summed E-state index contributed by atoms with van der Waals surface area (Å²) in [5, 5.41) is 37.6. The van der Waals surface area contributed by atoms with Crippen LogP contribution >= 0.6 is 0 Å². The quantitative estimate of drug-likeness (QED) is 0.260. The number of aryl methyl sites for hydroxylation is 1. The third kappa shape index (κ3) is 5.86. The van der Waals surface area contributed by atoms with Gasteiger partial charge < -0.3 is 29.9 Å². The van der Waals surface area contributed by atoms with Gasteiger partial charge in [-0.15, -0.1) is 6.42 Å². The second-order valence-corrected chi connectivity index (χ2v) is 6.76. The molecule has 4 N–H and O–H groups in total. The summed E-state index contributed by atoms with van der Waals surface area (Å²) in [6, 6.07) is 2.89. The van der Waals surface area contributed by atoms with E-state index >= 15 is 0 Å². The van der Waals surface area contributed by atoms with Crippen LogP contribution in [0.1, 0.15) is 22.3 Å². The maximum Gasteiger partial charge on any atom is 0.451 e. The molecule has 0 radical (unpaired) electrons. The van der Waals surface area contributed by atoms with Crippen LogP contribution in [0.15, 0.2) is 28.8 Å². The van der Waals surface area contributed by atoms with E-state index in [0.29, 0.717) is 5.57 Å². The van der Waals surface area contributed by atoms with Crippen molar-refractivity contribution in [1.29, 1.82) is 0 Å². The van der Waals surface area contributed by atoms with Crippen LogP contribution < -0.4 is 4.74 Å². The highest BCUT2D eigenvalue weighted by atomic mass is 16.5. The fourth-order valence-corrected chi connectivity index (χ4v) is 3.00. The van der Waals surface area contributed by atoms with E-state index in [1.165, 1.54) is 24.4 Å². The standard InChI is InChI=1S/C20H23BN2O7/c1-3-4-13(10-22-2)9-17(24)23-11-15(12-23)30-16-6-5-14(7-8-21(28)29)19(25)18(16)20(26)27/h1,4-6,10,15,25,28-29H,7-9,11-12H2,2H3,(H,26,27)/b13-4-,22-10-. The second-order valence-electron chi connectivity index (χ2n) is 6.76. The van der Waals surface area contributed by atoms with Gasteiger partial charge in [0.2, 0.25) is 5.91 Å². The number of nitrogens with zero attached hydrogens (tertiary/aromatic N) is 2. The molecule has 30 heavy (non-hydrogen) atoms. The van der Waals surface area contributed by atoms with E-state index < -0.39 is 30.5 Å². The van der Waals surface area contributed by atoms with Crippen LogP contribution in [-0.4, -0.2) is 76.6 Å². The number of carbonyl (C=O) groups excluding carboxylic acids is 1. The van der Waals surface area contributed by atoms with Crippen LogP contribution in [0.5, 0.6) is 11.5 Å². The lowest BCUT2D eigenvalue weighted by Gasteiger charge is -2.39. The van der Waals surface area contributed by atoms with Crippen LogP contribution in [0.2, 0.25) is 6.32 Å². The number of rotatable bonds is 9. The first-order chi connectivity index (χ1) is 14.3. The second kappa shape index (κ2) is 10.5. The summed E-state index contributed by atoms with van der Waals surface area (Å²) in [7, 11) is 0.0151. The number of aromatic carboxylic acids is 1. The van der Waals surface area contributed by atoms with E-state index in [9.17, 15) is 19.8 Å². The molecule has 1 fully saturated rings. The minimum atomic E-state index is -1.56. The molecule has 0 aromatic heterocycles. The monoisotopic (exact) mass is 414 g/mol. The fraction of sp³-hybridized carbons (Fsp3) is 0.350. The number of allylic oxidation sites excluding steroid dienone is 1. The Hall–Kier alpha value is -3.29. The maximum atomic E-state index is 12.3. The average Bonchev–Trinajstić information content (AvgIpc) is 2.63. The molecule has 1 aromatic rings. The minimum absolute atomic E-state index is 0.0172. The first-order valence-corrected chi connectivity index (χ1v) is 9.22. The van der Waals surface area contributed by atoms with Gasteiger partial charge in [-0.2, -0.15) is 0 Å². The van der Waals surface area contributed by atoms with E-state index in [0.717, 1.165) is 0 Å². The Balaban J connectivity index is 2.02. The van der Waals surface area contributed by atoms with Gasteiger partial charge in [0.1, 0.15) is 23.2 Å². The van der Waals surface area contributed by atoms with Crippen LogP contribution in [0.25, 0.3) is 0 Å². The van der Waals surface area contributed by atoms with Gasteiger partial charge >= 0.3 is 13.1 Å². The Bertz CT molecular complexity index is 899. The van der Waals surface area contributed by atoms with Crippen molar-refractivity contribution in [2.45, 2.75) is 25.3 Å². The Morgan fingerprint density at radius 1 is 1.40 bits per heavy atom. The Labute approximate surface area is 174 Å². The zero-order chi connectivity index (χ0) is 22.3. The number of amides is 1. The lowest BCUT2D eigenvalue weighted by atomic mass is 9.82. The molecule has 158 valence electrons. The molecular weight excluding hydrogens is 391 g/mol. The summed E-state index contributed by atoms with van der Waals surface area (Å²) in [6.07, 6.45) is 7.94. The van der Waals surface area contributed by atoms with Gasteiger partial charge in [0.05, 0.1) is 19.5 Å². The molecule has 1 aliphatic heterocycles. The number of ether oxygens (including phenoxy) is 1. The number of carbonyl (C=O) groups is 2. The molecule has 0 aliphatic carbocycles. The highest BCUT2D eigenvalue weighted by molar-refractivity contribution is 6.41. The van der Waals surface area contributed by atoms with Crippen LogP contribution in [-0.2, 0) is 11.2 Å².